The Morgan fingerprint density at radius 2 is 1.80 bits per heavy atom. The van der Waals surface area contributed by atoms with E-state index in [4.69, 9.17) is 0 Å². The van der Waals surface area contributed by atoms with Crippen molar-refractivity contribution in [2.24, 2.45) is 0 Å². The number of hydrogen-bond acceptors (Lipinski definition) is 2. The van der Waals surface area contributed by atoms with Gasteiger partial charge in [0, 0.05) is 24.0 Å². The summed E-state index contributed by atoms with van der Waals surface area (Å²) in [5, 5.41) is 0.759. The Kier molecular flexibility index (Phi) is 4.17. The Morgan fingerprint density at radius 1 is 1.07 bits per heavy atom. The summed E-state index contributed by atoms with van der Waals surface area (Å²) in [4.78, 5) is 33.0. The summed E-state index contributed by atoms with van der Waals surface area (Å²) < 4.78 is 27.0. The fraction of sp³-hybridized carbons (Fsp3) is 0.304. The lowest BCUT2D eigenvalue weighted by Gasteiger charge is -2.49. The minimum atomic E-state index is -1.15. The van der Waals surface area contributed by atoms with Crippen LogP contribution >= 0.6 is 0 Å². The van der Waals surface area contributed by atoms with Gasteiger partial charge in [-0.1, -0.05) is 12.1 Å². The van der Waals surface area contributed by atoms with Crippen molar-refractivity contribution in [3.63, 3.8) is 0 Å². The summed E-state index contributed by atoms with van der Waals surface area (Å²) in [7, 11) is 0. The molecule has 1 atom stereocenters. The molecule has 1 aromatic heterocycles. The van der Waals surface area contributed by atoms with E-state index >= 15 is 0 Å². The number of piperazine rings is 1. The SMILES string of the molecule is C[C@]12C(=O)N(CCc3ccc(F)cc3)CC(=O)N1CCc1c2[nH]c2ccc(F)cc12. The van der Waals surface area contributed by atoms with Crippen molar-refractivity contribution in [3.05, 3.63) is 70.9 Å². The van der Waals surface area contributed by atoms with Gasteiger partial charge in [0.2, 0.25) is 5.91 Å². The summed E-state index contributed by atoms with van der Waals surface area (Å²) >= 11 is 0. The maximum atomic E-state index is 13.8. The van der Waals surface area contributed by atoms with Crippen LogP contribution in [0.4, 0.5) is 8.78 Å². The molecule has 0 bridgehead atoms. The van der Waals surface area contributed by atoms with Crippen molar-refractivity contribution in [2.75, 3.05) is 19.6 Å². The van der Waals surface area contributed by atoms with Crippen molar-refractivity contribution >= 4 is 22.7 Å². The Morgan fingerprint density at radius 3 is 2.57 bits per heavy atom. The molecule has 0 unspecified atom stereocenters. The highest BCUT2D eigenvalue weighted by molar-refractivity contribution is 6.00. The zero-order chi connectivity index (χ0) is 21.0. The van der Waals surface area contributed by atoms with Gasteiger partial charge in [0.15, 0.2) is 5.54 Å². The fourth-order valence-electron chi connectivity index (χ4n) is 4.80. The van der Waals surface area contributed by atoms with Crippen LogP contribution in [-0.4, -0.2) is 46.2 Å². The molecule has 2 aliphatic rings. The van der Waals surface area contributed by atoms with Crippen LogP contribution in [0.1, 0.15) is 23.7 Å². The number of benzene rings is 2. The van der Waals surface area contributed by atoms with E-state index in [1.54, 1.807) is 34.9 Å². The van der Waals surface area contributed by atoms with Gasteiger partial charge in [-0.15, -0.1) is 0 Å². The van der Waals surface area contributed by atoms with E-state index in [1.165, 1.54) is 24.3 Å². The van der Waals surface area contributed by atoms with E-state index in [2.05, 4.69) is 4.98 Å². The zero-order valence-corrected chi connectivity index (χ0v) is 16.5. The Bertz CT molecular complexity index is 1170. The molecule has 2 amide bonds. The summed E-state index contributed by atoms with van der Waals surface area (Å²) in [5.74, 6) is -0.899. The number of amides is 2. The lowest BCUT2D eigenvalue weighted by molar-refractivity contribution is -0.165. The van der Waals surface area contributed by atoms with Crippen LogP contribution in [0, 0.1) is 11.6 Å². The second kappa shape index (κ2) is 6.65. The van der Waals surface area contributed by atoms with Gasteiger partial charge in [-0.25, -0.2) is 8.78 Å². The number of aromatic nitrogens is 1. The third kappa shape index (κ3) is 2.72. The van der Waals surface area contributed by atoms with Crippen molar-refractivity contribution in [1.82, 2.24) is 14.8 Å². The first-order valence-electron chi connectivity index (χ1n) is 10.0. The molecule has 5 nitrogen and oxygen atoms in total. The lowest BCUT2D eigenvalue weighted by Crippen LogP contribution is -2.67. The molecule has 3 aromatic rings. The van der Waals surface area contributed by atoms with Crippen molar-refractivity contribution in [2.45, 2.75) is 25.3 Å². The Hall–Kier alpha value is -3.22. The highest BCUT2D eigenvalue weighted by atomic mass is 19.1. The van der Waals surface area contributed by atoms with Gasteiger partial charge >= 0.3 is 0 Å². The molecule has 2 aromatic carbocycles. The van der Waals surface area contributed by atoms with Crippen molar-refractivity contribution in [3.8, 4) is 0 Å². The van der Waals surface area contributed by atoms with Crippen LogP contribution in [-0.2, 0) is 28.0 Å². The van der Waals surface area contributed by atoms with Gasteiger partial charge in [-0.05, 0) is 61.2 Å². The molecule has 7 heteroatoms. The predicted molar refractivity (Wildman–Crippen MR) is 108 cm³/mol. The third-order valence-electron chi connectivity index (χ3n) is 6.39. The molecule has 1 fully saturated rings. The number of H-pyrrole nitrogens is 1. The molecule has 0 saturated carbocycles. The summed E-state index contributed by atoms with van der Waals surface area (Å²) in [6, 6.07) is 10.7. The molecular weight excluding hydrogens is 388 g/mol. The van der Waals surface area contributed by atoms with E-state index in [0.717, 1.165) is 22.0 Å². The second-order valence-electron chi connectivity index (χ2n) is 8.14. The number of fused-ring (bicyclic) bond motifs is 5. The smallest absolute Gasteiger partial charge is 0.254 e. The first kappa shape index (κ1) is 18.8. The zero-order valence-electron chi connectivity index (χ0n) is 16.5. The normalized spacial score (nSPS) is 21.2. The van der Waals surface area contributed by atoms with E-state index in [-0.39, 0.29) is 30.0 Å². The third-order valence-corrected chi connectivity index (χ3v) is 6.39. The van der Waals surface area contributed by atoms with Crippen LogP contribution in [0.3, 0.4) is 0 Å². The van der Waals surface area contributed by atoms with Crippen molar-refractivity contribution < 1.29 is 18.4 Å². The first-order chi connectivity index (χ1) is 14.4. The number of rotatable bonds is 3. The van der Waals surface area contributed by atoms with E-state index in [9.17, 15) is 18.4 Å². The van der Waals surface area contributed by atoms with Gasteiger partial charge in [-0.2, -0.15) is 0 Å². The molecular formula is C23H21F2N3O2. The highest BCUT2D eigenvalue weighted by Gasteiger charge is 2.53. The van der Waals surface area contributed by atoms with Gasteiger partial charge in [0.1, 0.15) is 11.6 Å². The molecule has 2 aliphatic heterocycles. The topological polar surface area (TPSA) is 56.4 Å². The summed E-state index contributed by atoms with van der Waals surface area (Å²) in [6.07, 6.45) is 1.10. The monoisotopic (exact) mass is 409 g/mol. The fourth-order valence-corrected chi connectivity index (χ4v) is 4.80. The molecule has 5 rings (SSSR count). The Labute approximate surface area is 172 Å². The van der Waals surface area contributed by atoms with Gasteiger partial charge < -0.3 is 14.8 Å². The molecule has 0 aliphatic carbocycles. The minimum Gasteiger partial charge on any atom is -0.356 e. The number of halogens is 2. The maximum absolute atomic E-state index is 13.8. The molecule has 1 saturated heterocycles. The molecule has 1 N–H and O–H groups in total. The second-order valence-corrected chi connectivity index (χ2v) is 8.14. The average molecular weight is 409 g/mol. The highest BCUT2D eigenvalue weighted by Crippen LogP contribution is 2.42. The van der Waals surface area contributed by atoms with Crippen LogP contribution in [0.25, 0.3) is 10.9 Å². The first-order valence-corrected chi connectivity index (χ1v) is 10.0. The summed E-state index contributed by atoms with van der Waals surface area (Å²) in [5.41, 5.74) is 2.06. The largest absolute Gasteiger partial charge is 0.356 e. The van der Waals surface area contributed by atoms with Gasteiger partial charge in [-0.3, -0.25) is 9.59 Å². The predicted octanol–water partition coefficient (Wildman–Crippen LogP) is 3.13. The molecule has 154 valence electrons. The molecule has 0 spiro atoms. The van der Waals surface area contributed by atoms with E-state index in [0.29, 0.717) is 31.6 Å². The number of carbonyl (C=O) groups is 2. The number of hydrogen-bond donors (Lipinski definition) is 1. The Balaban J connectivity index is 1.50. The number of carbonyl (C=O) groups excluding carboxylic acids is 2. The lowest BCUT2D eigenvalue weighted by atomic mass is 9.83. The van der Waals surface area contributed by atoms with Gasteiger partial charge in [0.05, 0.1) is 12.2 Å². The number of aromatic amines is 1. The van der Waals surface area contributed by atoms with Crippen LogP contribution in [0.5, 0.6) is 0 Å². The molecule has 3 heterocycles. The number of nitrogens with one attached hydrogen (secondary N) is 1. The number of nitrogens with zero attached hydrogens (tertiary/aromatic N) is 2. The van der Waals surface area contributed by atoms with E-state index in [1.807, 2.05) is 0 Å². The maximum Gasteiger partial charge on any atom is 0.254 e. The minimum absolute atomic E-state index is 0.0276. The van der Waals surface area contributed by atoms with Gasteiger partial charge in [0.25, 0.3) is 5.91 Å². The average Bonchev–Trinajstić information content (AvgIpc) is 3.10. The summed E-state index contributed by atoms with van der Waals surface area (Å²) in [6.45, 7) is 2.58. The van der Waals surface area contributed by atoms with Crippen molar-refractivity contribution in [1.29, 1.82) is 0 Å². The standard InChI is InChI=1S/C23H21F2N3O2/c1-23-21-17(18-12-16(25)6-7-19(18)26-21)9-11-28(23)20(29)13-27(22(23)30)10-8-14-2-4-15(24)5-3-14/h2-7,12,26H,8-11,13H2,1H3/t23-/m0/s1. The quantitative estimate of drug-likeness (QED) is 0.723. The van der Waals surface area contributed by atoms with Crippen LogP contribution < -0.4 is 0 Å². The van der Waals surface area contributed by atoms with Crippen LogP contribution in [0.15, 0.2) is 42.5 Å². The molecule has 30 heavy (non-hydrogen) atoms. The van der Waals surface area contributed by atoms with E-state index < -0.39 is 5.54 Å². The van der Waals surface area contributed by atoms with Crippen LogP contribution in [0.2, 0.25) is 0 Å². The molecule has 0 radical (unpaired) electrons.